The van der Waals surface area contributed by atoms with Crippen LogP contribution in [-0.2, 0) is 0 Å². The summed E-state index contributed by atoms with van der Waals surface area (Å²) in [5, 5.41) is 2.93. The van der Waals surface area contributed by atoms with Gasteiger partial charge >= 0.3 is 0 Å². The van der Waals surface area contributed by atoms with Crippen LogP contribution in [-0.4, -0.2) is 5.91 Å². The molecule has 0 saturated heterocycles. The fraction of sp³-hybridized carbons (Fsp3) is 0.188. The molecule has 0 aliphatic heterocycles. The molecule has 19 heavy (non-hydrogen) atoms. The predicted molar refractivity (Wildman–Crippen MR) is 82.7 cm³/mol. The van der Waals surface area contributed by atoms with Gasteiger partial charge in [0.15, 0.2) is 0 Å². The first-order valence-electron chi connectivity index (χ1n) is 6.11. The maximum absolute atomic E-state index is 12.2. The van der Waals surface area contributed by atoms with Crippen LogP contribution in [0.3, 0.4) is 0 Å². The van der Waals surface area contributed by atoms with Crippen LogP contribution in [0.15, 0.2) is 40.9 Å². The van der Waals surface area contributed by atoms with Gasteiger partial charge in [0.25, 0.3) is 5.91 Å². The largest absolute Gasteiger partial charge is 0.322 e. The number of anilines is 1. The van der Waals surface area contributed by atoms with Gasteiger partial charge in [-0.2, -0.15) is 0 Å². The summed E-state index contributed by atoms with van der Waals surface area (Å²) in [5.74, 6) is -0.0828. The van der Waals surface area contributed by atoms with Crippen molar-refractivity contribution in [2.45, 2.75) is 20.8 Å². The minimum absolute atomic E-state index is 0.0828. The van der Waals surface area contributed by atoms with E-state index in [1.807, 2.05) is 51.1 Å². The Hall–Kier alpha value is -1.61. The van der Waals surface area contributed by atoms with Crippen LogP contribution in [0.5, 0.6) is 0 Å². The molecule has 0 fully saturated rings. The summed E-state index contributed by atoms with van der Waals surface area (Å²) >= 11 is 3.43. The fourth-order valence-electron chi connectivity index (χ4n) is 2.04. The van der Waals surface area contributed by atoms with Crippen molar-refractivity contribution in [1.29, 1.82) is 0 Å². The number of amides is 1. The predicted octanol–water partition coefficient (Wildman–Crippen LogP) is 4.63. The number of carbonyl (C=O) groups excluding carboxylic acids is 1. The average Bonchev–Trinajstić information content (AvgIpc) is 2.31. The molecule has 2 nitrogen and oxygen atoms in total. The Morgan fingerprint density at radius 1 is 1.00 bits per heavy atom. The van der Waals surface area contributed by atoms with Gasteiger partial charge in [-0.25, -0.2) is 0 Å². The van der Waals surface area contributed by atoms with Crippen molar-refractivity contribution in [2.75, 3.05) is 5.32 Å². The second-order valence-electron chi connectivity index (χ2n) is 4.79. The minimum Gasteiger partial charge on any atom is -0.322 e. The highest BCUT2D eigenvalue weighted by Crippen LogP contribution is 2.19. The summed E-state index contributed by atoms with van der Waals surface area (Å²) in [4.78, 5) is 12.2. The molecule has 0 heterocycles. The molecule has 0 saturated carbocycles. The second-order valence-corrected chi connectivity index (χ2v) is 5.65. The topological polar surface area (TPSA) is 29.1 Å². The van der Waals surface area contributed by atoms with Gasteiger partial charge in [-0.3, -0.25) is 4.79 Å². The van der Waals surface area contributed by atoms with Crippen LogP contribution in [0.25, 0.3) is 0 Å². The van der Waals surface area contributed by atoms with E-state index in [9.17, 15) is 4.79 Å². The van der Waals surface area contributed by atoms with Gasteiger partial charge in [0.05, 0.1) is 0 Å². The van der Waals surface area contributed by atoms with Crippen LogP contribution in [0.4, 0.5) is 5.69 Å². The van der Waals surface area contributed by atoms with Crippen LogP contribution in [0, 0.1) is 20.8 Å². The first-order valence-corrected chi connectivity index (χ1v) is 6.91. The molecular formula is C16H16BrNO. The highest BCUT2D eigenvalue weighted by atomic mass is 79.9. The Morgan fingerprint density at radius 3 is 2.21 bits per heavy atom. The third kappa shape index (κ3) is 3.44. The Morgan fingerprint density at radius 2 is 1.63 bits per heavy atom. The van der Waals surface area contributed by atoms with E-state index in [2.05, 4.69) is 27.3 Å². The standard InChI is InChI=1S/C16H16BrNO/c1-10-6-11(2)8-14(7-10)18-16(19)13-4-5-15(17)12(3)9-13/h4-9H,1-3H3,(H,18,19). The molecule has 0 atom stereocenters. The van der Waals surface area contributed by atoms with E-state index >= 15 is 0 Å². The average molecular weight is 318 g/mol. The van der Waals surface area contributed by atoms with Crippen LogP contribution in [0.2, 0.25) is 0 Å². The zero-order valence-electron chi connectivity index (χ0n) is 11.3. The Bertz CT molecular complexity index is 614. The summed E-state index contributed by atoms with van der Waals surface area (Å²) in [5.41, 5.74) is 4.83. The smallest absolute Gasteiger partial charge is 0.255 e. The number of hydrogen-bond acceptors (Lipinski definition) is 1. The normalized spacial score (nSPS) is 10.3. The molecule has 0 spiro atoms. The second kappa shape index (κ2) is 5.57. The monoisotopic (exact) mass is 317 g/mol. The number of carbonyl (C=O) groups is 1. The van der Waals surface area contributed by atoms with Crippen LogP contribution < -0.4 is 5.32 Å². The number of rotatable bonds is 2. The molecule has 0 bridgehead atoms. The van der Waals surface area contributed by atoms with E-state index in [4.69, 9.17) is 0 Å². The maximum atomic E-state index is 12.2. The molecule has 0 unspecified atom stereocenters. The zero-order valence-corrected chi connectivity index (χ0v) is 12.8. The summed E-state index contributed by atoms with van der Waals surface area (Å²) in [6.07, 6.45) is 0. The number of nitrogens with one attached hydrogen (secondary N) is 1. The Labute approximate surface area is 122 Å². The molecule has 0 radical (unpaired) electrons. The molecule has 0 aliphatic carbocycles. The van der Waals surface area contributed by atoms with Gasteiger partial charge in [-0.05, 0) is 67.8 Å². The highest BCUT2D eigenvalue weighted by molar-refractivity contribution is 9.10. The third-order valence-corrected chi connectivity index (χ3v) is 3.79. The van der Waals surface area contributed by atoms with E-state index in [-0.39, 0.29) is 5.91 Å². The highest BCUT2D eigenvalue weighted by Gasteiger charge is 2.08. The quantitative estimate of drug-likeness (QED) is 0.859. The Kier molecular flexibility index (Phi) is 4.05. The molecule has 0 aliphatic rings. The van der Waals surface area contributed by atoms with E-state index in [1.54, 1.807) is 0 Å². The van der Waals surface area contributed by atoms with Crippen molar-refractivity contribution in [3.8, 4) is 0 Å². The number of halogens is 1. The first-order chi connectivity index (χ1) is 8.95. The summed E-state index contributed by atoms with van der Waals surface area (Å²) in [6, 6.07) is 11.6. The molecule has 2 aromatic carbocycles. The summed E-state index contributed by atoms with van der Waals surface area (Å²) in [7, 11) is 0. The fourth-order valence-corrected chi connectivity index (χ4v) is 2.28. The molecule has 1 N–H and O–H groups in total. The van der Waals surface area contributed by atoms with E-state index < -0.39 is 0 Å². The molecule has 0 aromatic heterocycles. The zero-order chi connectivity index (χ0) is 14.0. The van der Waals surface area contributed by atoms with Crippen molar-refractivity contribution in [2.24, 2.45) is 0 Å². The number of benzene rings is 2. The molecule has 1 amide bonds. The van der Waals surface area contributed by atoms with Crippen molar-refractivity contribution in [1.82, 2.24) is 0 Å². The molecule has 2 aromatic rings. The summed E-state index contributed by atoms with van der Waals surface area (Å²) < 4.78 is 1.01. The van der Waals surface area contributed by atoms with Gasteiger partial charge < -0.3 is 5.32 Å². The minimum atomic E-state index is -0.0828. The van der Waals surface area contributed by atoms with Gasteiger partial charge in [-0.1, -0.05) is 22.0 Å². The lowest BCUT2D eigenvalue weighted by Crippen LogP contribution is -2.12. The lowest BCUT2D eigenvalue weighted by molar-refractivity contribution is 0.102. The summed E-state index contributed by atoms with van der Waals surface area (Å²) in [6.45, 7) is 6.01. The van der Waals surface area contributed by atoms with Crippen molar-refractivity contribution < 1.29 is 4.79 Å². The van der Waals surface area contributed by atoms with Crippen molar-refractivity contribution in [3.05, 3.63) is 63.1 Å². The van der Waals surface area contributed by atoms with Crippen LogP contribution in [0.1, 0.15) is 27.0 Å². The molecule has 98 valence electrons. The van der Waals surface area contributed by atoms with E-state index in [0.717, 1.165) is 26.9 Å². The van der Waals surface area contributed by atoms with Gasteiger partial charge in [0, 0.05) is 15.7 Å². The van der Waals surface area contributed by atoms with Crippen molar-refractivity contribution in [3.63, 3.8) is 0 Å². The lowest BCUT2D eigenvalue weighted by atomic mass is 10.1. The van der Waals surface area contributed by atoms with Gasteiger partial charge in [0.2, 0.25) is 0 Å². The van der Waals surface area contributed by atoms with Gasteiger partial charge in [-0.15, -0.1) is 0 Å². The molecular weight excluding hydrogens is 302 g/mol. The van der Waals surface area contributed by atoms with Crippen molar-refractivity contribution >= 4 is 27.5 Å². The lowest BCUT2D eigenvalue weighted by Gasteiger charge is -2.08. The third-order valence-electron chi connectivity index (χ3n) is 2.90. The number of hydrogen-bond donors (Lipinski definition) is 1. The van der Waals surface area contributed by atoms with Crippen LogP contribution >= 0.6 is 15.9 Å². The first kappa shape index (κ1) is 13.8. The van der Waals surface area contributed by atoms with E-state index in [0.29, 0.717) is 5.56 Å². The SMILES string of the molecule is Cc1cc(C)cc(NC(=O)c2ccc(Br)c(C)c2)c1. The molecule has 2 rings (SSSR count). The maximum Gasteiger partial charge on any atom is 0.255 e. The Balaban J connectivity index is 2.22. The van der Waals surface area contributed by atoms with Gasteiger partial charge in [0.1, 0.15) is 0 Å². The van der Waals surface area contributed by atoms with E-state index in [1.165, 1.54) is 0 Å². The molecule has 3 heteroatoms. The number of aryl methyl sites for hydroxylation is 3.